The minimum atomic E-state index is -0.693. The van der Waals surface area contributed by atoms with Gasteiger partial charge in [-0.15, -0.1) is 0 Å². The lowest BCUT2D eigenvalue weighted by atomic mass is 10.1. The Morgan fingerprint density at radius 2 is 2.08 bits per heavy atom. The fourth-order valence-corrected chi connectivity index (χ4v) is 2.81. The van der Waals surface area contributed by atoms with Gasteiger partial charge in [0.2, 0.25) is 5.88 Å². The van der Waals surface area contributed by atoms with E-state index < -0.39 is 11.7 Å². The van der Waals surface area contributed by atoms with Crippen molar-refractivity contribution >= 4 is 16.9 Å². The van der Waals surface area contributed by atoms with Crippen LogP contribution >= 0.6 is 0 Å². The van der Waals surface area contributed by atoms with E-state index in [1.807, 2.05) is 30.7 Å². The van der Waals surface area contributed by atoms with Crippen LogP contribution in [-0.4, -0.2) is 34.7 Å². The number of aromatic nitrogens is 3. The van der Waals surface area contributed by atoms with Crippen molar-refractivity contribution in [3.05, 3.63) is 47.2 Å². The zero-order valence-electron chi connectivity index (χ0n) is 15.0. The van der Waals surface area contributed by atoms with Gasteiger partial charge in [-0.1, -0.05) is 0 Å². The van der Waals surface area contributed by atoms with Crippen molar-refractivity contribution in [2.45, 2.75) is 13.5 Å². The molecule has 0 fully saturated rings. The largest absolute Gasteiger partial charge is 0.496 e. The van der Waals surface area contributed by atoms with Gasteiger partial charge in [-0.25, -0.2) is 14.4 Å². The van der Waals surface area contributed by atoms with Crippen molar-refractivity contribution < 1.29 is 18.7 Å². The zero-order chi connectivity index (χ0) is 18.8. The Hall–Kier alpha value is -3.16. The van der Waals surface area contributed by atoms with Gasteiger partial charge in [0, 0.05) is 25.4 Å². The average Bonchev–Trinajstić information content (AvgIpc) is 2.93. The van der Waals surface area contributed by atoms with E-state index in [9.17, 15) is 9.18 Å². The molecular weight excluding hydrogens is 339 g/mol. The van der Waals surface area contributed by atoms with E-state index in [-0.39, 0.29) is 18.0 Å². The maximum Gasteiger partial charge on any atom is 0.253 e. The number of benzene rings is 1. The first-order valence-electron chi connectivity index (χ1n) is 7.93. The van der Waals surface area contributed by atoms with Gasteiger partial charge in [0.05, 0.1) is 30.8 Å². The SMILES string of the molecule is COc1ccc2nc(C)n(C)c2c1CNC(=O)c1cnc(OC)c(F)c1. The number of carbonyl (C=O) groups excluding carboxylic acids is 1. The van der Waals surface area contributed by atoms with Crippen LogP contribution in [0, 0.1) is 12.7 Å². The van der Waals surface area contributed by atoms with E-state index in [1.54, 1.807) is 7.11 Å². The molecule has 0 bridgehead atoms. The molecule has 3 aromatic rings. The smallest absolute Gasteiger partial charge is 0.253 e. The summed E-state index contributed by atoms with van der Waals surface area (Å²) in [5.74, 6) is 0.194. The second-order valence-corrected chi connectivity index (χ2v) is 5.73. The van der Waals surface area contributed by atoms with Crippen LogP contribution in [0.15, 0.2) is 24.4 Å². The number of ether oxygens (including phenoxy) is 2. The zero-order valence-corrected chi connectivity index (χ0v) is 15.0. The van der Waals surface area contributed by atoms with Gasteiger partial charge in [0.1, 0.15) is 11.6 Å². The average molecular weight is 358 g/mol. The van der Waals surface area contributed by atoms with E-state index >= 15 is 0 Å². The van der Waals surface area contributed by atoms with E-state index in [0.717, 1.165) is 28.5 Å². The summed E-state index contributed by atoms with van der Waals surface area (Å²) in [6, 6.07) is 4.77. The molecule has 1 N–H and O–H groups in total. The van der Waals surface area contributed by atoms with Crippen molar-refractivity contribution in [2.24, 2.45) is 7.05 Å². The number of hydrogen-bond donors (Lipinski definition) is 1. The topological polar surface area (TPSA) is 78.3 Å². The second kappa shape index (κ2) is 6.99. The molecule has 2 aromatic heterocycles. The standard InChI is InChI=1S/C18H19FN4O3/c1-10-22-14-5-6-15(25-3)12(16(14)23(10)2)9-20-17(24)11-7-13(19)18(26-4)21-8-11/h5-8H,9H2,1-4H3,(H,20,24). The van der Waals surface area contributed by atoms with Crippen LogP contribution in [-0.2, 0) is 13.6 Å². The molecule has 1 aromatic carbocycles. The number of imidazole rings is 1. The summed E-state index contributed by atoms with van der Waals surface area (Å²) < 4.78 is 25.9. The van der Waals surface area contributed by atoms with Crippen molar-refractivity contribution in [3.63, 3.8) is 0 Å². The summed E-state index contributed by atoms with van der Waals surface area (Å²) >= 11 is 0. The molecule has 0 saturated carbocycles. The first-order chi connectivity index (χ1) is 12.5. The van der Waals surface area contributed by atoms with E-state index in [4.69, 9.17) is 9.47 Å². The summed E-state index contributed by atoms with van der Waals surface area (Å²) in [7, 11) is 4.78. The van der Waals surface area contributed by atoms with E-state index in [1.165, 1.54) is 13.3 Å². The van der Waals surface area contributed by atoms with Gasteiger partial charge in [-0.2, -0.15) is 0 Å². The minimum absolute atomic E-state index is 0.107. The lowest BCUT2D eigenvalue weighted by molar-refractivity contribution is 0.0950. The Morgan fingerprint density at radius 1 is 1.31 bits per heavy atom. The molecule has 0 saturated heterocycles. The molecule has 0 radical (unpaired) electrons. The lowest BCUT2D eigenvalue weighted by Crippen LogP contribution is -2.24. The number of amides is 1. The fraction of sp³-hybridized carbons (Fsp3) is 0.278. The van der Waals surface area contributed by atoms with Crippen LogP contribution in [0.25, 0.3) is 11.0 Å². The Morgan fingerprint density at radius 3 is 2.73 bits per heavy atom. The molecule has 26 heavy (non-hydrogen) atoms. The highest BCUT2D eigenvalue weighted by Crippen LogP contribution is 2.28. The monoisotopic (exact) mass is 358 g/mol. The normalized spacial score (nSPS) is 10.8. The summed E-state index contributed by atoms with van der Waals surface area (Å²) in [5, 5.41) is 2.78. The molecule has 8 heteroatoms. The van der Waals surface area contributed by atoms with Crippen LogP contribution in [0.1, 0.15) is 21.7 Å². The van der Waals surface area contributed by atoms with Crippen LogP contribution < -0.4 is 14.8 Å². The Kier molecular flexibility index (Phi) is 4.75. The minimum Gasteiger partial charge on any atom is -0.496 e. The summed E-state index contributed by atoms with van der Waals surface area (Å²) in [6.45, 7) is 2.10. The highest BCUT2D eigenvalue weighted by molar-refractivity contribution is 5.94. The molecule has 7 nitrogen and oxygen atoms in total. The number of rotatable bonds is 5. The van der Waals surface area contributed by atoms with Gasteiger partial charge < -0.3 is 19.4 Å². The van der Waals surface area contributed by atoms with Crippen molar-refractivity contribution in [2.75, 3.05) is 14.2 Å². The highest BCUT2D eigenvalue weighted by Gasteiger charge is 2.16. The Balaban J connectivity index is 1.89. The number of nitrogens with zero attached hydrogens (tertiary/aromatic N) is 3. The molecule has 1 amide bonds. The van der Waals surface area contributed by atoms with Crippen LogP contribution in [0.4, 0.5) is 4.39 Å². The van der Waals surface area contributed by atoms with Gasteiger partial charge >= 0.3 is 0 Å². The Labute approximate surface area is 149 Å². The number of methoxy groups -OCH3 is 2. The predicted molar refractivity (Wildman–Crippen MR) is 93.9 cm³/mol. The van der Waals surface area contributed by atoms with Gasteiger partial charge in [-0.3, -0.25) is 4.79 Å². The molecule has 0 atom stereocenters. The number of nitrogens with one attached hydrogen (secondary N) is 1. The lowest BCUT2D eigenvalue weighted by Gasteiger charge is -2.12. The second-order valence-electron chi connectivity index (χ2n) is 5.73. The molecular formula is C18H19FN4O3. The van der Waals surface area contributed by atoms with Crippen molar-refractivity contribution in [3.8, 4) is 11.6 Å². The number of aryl methyl sites for hydroxylation is 2. The number of hydrogen-bond acceptors (Lipinski definition) is 5. The molecule has 0 aliphatic rings. The third kappa shape index (κ3) is 3.05. The molecule has 136 valence electrons. The van der Waals surface area contributed by atoms with Gasteiger partial charge in [0.25, 0.3) is 5.91 Å². The quantitative estimate of drug-likeness (QED) is 0.758. The maximum absolute atomic E-state index is 13.8. The molecule has 0 aliphatic carbocycles. The van der Waals surface area contributed by atoms with E-state index in [0.29, 0.717) is 5.75 Å². The first kappa shape index (κ1) is 17.7. The van der Waals surface area contributed by atoms with Gasteiger partial charge in [0.15, 0.2) is 5.82 Å². The van der Waals surface area contributed by atoms with E-state index in [2.05, 4.69) is 15.3 Å². The Bertz CT molecular complexity index is 984. The third-order valence-corrected chi connectivity index (χ3v) is 4.23. The van der Waals surface area contributed by atoms with Crippen LogP contribution in [0.5, 0.6) is 11.6 Å². The summed E-state index contributed by atoms with van der Waals surface area (Å²) in [4.78, 5) is 20.6. The number of halogens is 1. The number of fused-ring (bicyclic) bond motifs is 1. The third-order valence-electron chi connectivity index (χ3n) is 4.23. The van der Waals surface area contributed by atoms with Crippen LogP contribution in [0.2, 0.25) is 0 Å². The van der Waals surface area contributed by atoms with Crippen molar-refractivity contribution in [1.82, 2.24) is 19.9 Å². The molecule has 3 rings (SSSR count). The van der Waals surface area contributed by atoms with Crippen molar-refractivity contribution in [1.29, 1.82) is 0 Å². The fourth-order valence-electron chi connectivity index (χ4n) is 2.81. The molecule has 0 aliphatic heterocycles. The molecule has 2 heterocycles. The van der Waals surface area contributed by atoms with Gasteiger partial charge in [-0.05, 0) is 25.1 Å². The molecule has 0 unspecified atom stereocenters. The maximum atomic E-state index is 13.8. The predicted octanol–water partition coefficient (Wildman–Crippen LogP) is 2.36. The van der Waals surface area contributed by atoms with Crippen LogP contribution in [0.3, 0.4) is 0 Å². The summed E-state index contributed by atoms with van der Waals surface area (Å²) in [6.07, 6.45) is 1.27. The highest BCUT2D eigenvalue weighted by atomic mass is 19.1. The summed E-state index contributed by atoms with van der Waals surface area (Å²) in [5.41, 5.74) is 2.59. The first-order valence-corrected chi connectivity index (χ1v) is 7.93. The number of pyridine rings is 1. The molecule has 0 spiro atoms. The number of carbonyl (C=O) groups is 1.